The monoisotopic (exact) mass is 384 g/mol. The van der Waals surface area contributed by atoms with Gasteiger partial charge in [-0.2, -0.15) is 0 Å². The summed E-state index contributed by atoms with van der Waals surface area (Å²) in [5.74, 6) is -1.71. The number of hydrogen-bond acceptors (Lipinski definition) is 2. The van der Waals surface area contributed by atoms with E-state index in [1.54, 1.807) is 6.07 Å². The number of hydrogen-bond donors (Lipinski definition) is 2. The van der Waals surface area contributed by atoms with E-state index in [9.17, 15) is 13.6 Å². The molecule has 0 aromatic heterocycles. The van der Waals surface area contributed by atoms with Gasteiger partial charge >= 0.3 is 6.03 Å². The van der Waals surface area contributed by atoms with E-state index in [1.165, 1.54) is 6.07 Å². The lowest BCUT2D eigenvalue weighted by Gasteiger charge is -2.10. The molecule has 0 aliphatic carbocycles. The fourth-order valence-electron chi connectivity index (χ4n) is 1.79. The highest BCUT2D eigenvalue weighted by Gasteiger charge is 2.06. The average molecular weight is 385 g/mol. The molecule has 2 rings (SSSR count). The molecule has 0 radical (unpaired) electrons. The Morgan fingerprint density at radius 1 is 1.17 bits per heavy atom. The number of ether oxygens (including phenoxy) is 1. The second kappa shape index (κ2) is 7.92. The summed E-state index contributed by atoms with van der Waals surface area (Å²) in [6.07, 6.45) is 0. The van der Waals surface area contributed by atoms with Gasteiger partial charge in [-0.15, -0.1) is 0 Å². The molecule has 2 aromatic carbocycles. The third-order valence-electron chi connectivity index (χ3n) is 2.92. The Hall–Kier alpha value is -2.15. The Morgan fingerprint density at radius 2 is 1.96 bits per heavy atom. The fraction of sp³-hybridized carbons (Fsp3) is 0.188. The predicted octanol–water partition coefficient (Wildman–Crippen LogP) is 4.24. The highest BCUT2D eigenvalue weighted by atomic mass is 79.9. The van der Waals surface area contributed by atoms with Crippen molar-refractivity contribution in [2.75, 3.05) is 18.5 Å². The van der Waals surface area contributed by atoms with Crippen molar-refractivity contribution in [1.82, 2.24) is 5.32 Å². The number of carbonyl (C=O) groups excluding carboxylic acids is 1. The maximum atomic E-state index is 13.0. The number of rotatable bonds is 5. The Bertz CT molecular complexity index is 710. The van der Waals surface area contributed by atoms with Gasteiger partial charge in [-0.05, 0) is 52.7 Å². The van der Waals surface area contributed by atoms with E-state index < -0.39 is 11.6 Å². The van der Waals surface area contributed by atoms with Crippen LogP contribution in [0.15, 0.2) is 40.9 Å². The second-order valence-electron chi connectivity index (χ2n) is 4.79. The summed E-state index contributed by atoms with van der Waals surface area (Å²) < 4.78 is 31.8. The van der Waals surface area contributed by atoms with E-state index >= 15 is 0 Å². The second-order valence-corrected chi connectivity index (χ2v) is 5.64. The molecule has 0 atom stereocenters. The van der Waals surface area contributed by atoms with Gasteiger partial charge in [-0.3, -0.25) is 0 Å². The molecule has 0 saturated heterocycles. The summed E-state index contributed by atoms with van der Waals surface area (Å²) in [7, 11) is 0. The number of carbonyl (C=O) groups is 1. The van der Waals surface area contributed by atoms with Gasteiger partial charge in [0.2, 0.25) is 0 Å². The molecular formula is C16H15BrF2N2O2. The van der Waals surface area contributed by atoms with E-state index in [-0.39, 0.29) is 24.9 Å². The Labute approximate surface area is 141 Å². The van der Waals surface area contributed by atoms with Crippen LogP contribution in [0, 0.1) is 18.6 Å². The molecule has 0 saturated carbocycles. The molecule has 0 fully saturated rings. The predicted molar refractivity (Wildman–Crippen MR) is 87.8 cm³/mol. The van der Waals surface area contributed by atoms with Crippen LogP contribution in [0.25, 0.3) is 0 Å². The molecule has 0 aliphatic heterocycles. The number of urea groups is 1. The molecule has 2 N–H and O–H groups in total. The van der Waals surface area contributed by atoms with Crippen LogP contribution >= 0.6 is 15.9 Å². The van der Waals surface area contributed by atoms with Crippen molar-refractivity contribution in [2.24, 2.45) is 0 Å². The summed E-state index contributed by atoms with van der Waals surface area (Å²) >= 11 is 3.37. The van der Waals surface area contributed by atoms with Crippen LogP contribution in [0.1, 0.15) is 5.56 Å². The molecule has 4 nitrogen and oxygen atoms in total. The van der Waals surface area contributed by atoms with Crippen molar-refractivity contribution in [1.29, 1.82) is 0 Å². The first-order chi connectivity index (χ1) is 11.0. The molecule has 0 heterocycles. The van der Waals surface area contributed by atoms with E-state index in [0.717, 1.165) is 22.2 Å². The van der Waals surface area contributed by atoms with Crippen LogP contribution in [0.2, 0.25) is 0 Å². The average Bonchev–Trinajstić information content (AvgIpc) is 2.50. The maximum Gasteiger partial charge on any atom is 0.319 e. The molecule has 23 heavy (non-hydrogen) atoms. The minimum absolute atomic E-state index is 0.132. The zero-order valence-electron chi connectivity index (χ0n) is 12.3. The molecule has 7 heteroatoms. The normalized spacial score (nSPS) is 10.3. The SMILES string of the molecule is Cc1ccc(NC(=O)NCCOc2ccc(F)c(F)c2)c(Br)c1. The minimum atomic E-state index is -0.975. The number of anilines is 1. The van der Waals surface area contributed by atoms with Crippen molar-refractivity contribution >= 4 is 27.6 Å². The van der Waals surface area contributed by atoms with E-state index in [2.05, 4.69) is 26.6 Å². The van der Waals surface area contributed by atoms with Crippen LogP contribution in [0.4, 0.5) is 19.3 Å². The Kier molecular flexibility index (Phi) is 5.92. The van der Waals surface area contributed by atoms with Crippen LogP contribution in [-0.2, 0) is 0 Å². The Balaban J connectivity index is 1.75. The van der Waals surface area contributed by atoms with Gasteiger partial charge in [0.15, 0.2) is 11.6 Å². The van der Waals surface area contributed by atoms with E-state index in [0.29, 0.717) is 5.69 Å². The van der Waals surface area contributed by atoms with Gasteiger partial charge in [0, 0.05) is 10.5 Å². The topological polar surface area (TPSA) is 50.4 Å². The van der Waals surface area contributed by atoms with E-state index in [4.69, 9.17) is 4.74 Å². The van der Waals surface area contributed by atoms with E-state index in [1.807, 2.05) is 19.1 Å². The van der Waals surface area contributed by atoms with Crippen LogP contribution in [0.5, 0.6) is 5.75 Å². The lowest BCUT2D eigenvalue weighted by molar-refractivity contribution is 0.247. The zero-order chi connectivity index (χ0) is 16.8. The number of aryl methyl sites for hydroxylation is 1. The van der Waals surface area contributed by atoms with Crippen LogP contribution < -0.4 is 15.4 Å². The van der Waals surface area contributed by atoms with Gasteiger partial charge in [0.1, 0.15) is 12.4 Å². The smallest absolute Gasteiger partial charge is 0.319 e. The molecule has 122 valence electrons. The van der Waals surface area contributed by atoms with Crippen LogP contribution in [-0.4, -0.2) is 19.2 Å². The largest absolute Gasteiger partial charge is 0.492 e. The molecule has 0 aliphatic rings. The molecule has 0 unspecified atom stereocenters. The first kappa shape index (κ1) is 17.2. The quantitative estimate of drug-likeness (QED) is 0.757. The van der Waals surface area contributed by atoms with Gasteiger partial charge in [0.05, 0.1) is 12.2 Å². The number of amides is 2. The zero-order valence-corrected chi connectivity index (χ0v) is 13.9. The first-order valence-corrected chi connectivity index (χ1v) is 7.64. The summed E-state index contributed by atoms with van der Waals surface area (Å²) in [6.45, 7) is 2.30. The van der Waals surface area contributed by atoms with Crippen molar-refractivity contribution in [2.45, 2.75) is 6.92 Å². The van der Waals surface area contributed by atoms with Crippen molar-refractivity contribution in [3.8, 4) is 5.75 Å². The van der Waals surface area contributed by atoms with Gasteiger partial charge in [0.25, 0.3) is 0 Å². The lowest BCUT2D eigenvalue weighted by atomic mass is 10.2. The number of benzene rings is 2. The van der Waals surface area contributed by atoms with Gasteiger partial charge < -0.3 is 15.4 Å². The fourth-order valence-corrected chi connectivity index (χ4v) is 2.38. The number of halogens is 3. The highest BCUT2D eigenvalue weighted by molar-refractivity contribution is 9.10. The van der Waals surface area contributed by atoms with Crippen LogP contribution in [0.3, 0.4) is 0 Å². The minimum Gasteiger partial charge on any atom is -0.492 e. The molecule has 0 spiro atoms. The maximum absolute atomic E-state index is 13.0. The van der Waals surface area contributed by atoms with Gasteiger partial charge in [-0.1, -0.05) is 6.07 Å². The molecule has 0 bridgehead atoms. The van der Waals surface area contributed by atoms with Crippen molar-refractivity contribution in [3.63, 3.8) is 0 Å². The van der Waals surface area contributed by atoms with Crippen molar-refractivity contribution in [3.05, 3.63) is 58.1 Å². The summed E-state index contributed by atoms with van der Waals surface area (Å²) in [6, 6.07) is 8.44. The third-order valence-corrected chi connectivity index (χ3v) is 3.58. The number of nitrogens with one attached hydrogen (secondary N) is 2. The Morgan fingerprint density at radius 3 is 2.65 bits per heavy atom. The van der Waals surface area contributed by atoms with Crippen molar-refractivity contribution < 1.29 is 18.3 Å². The first-order valence-electron chi connectivity index (χ1n) is 6.84. The molecule has 2 amide bonds. The summed E-state index contributed by atoms with van der Waals surface area (Å²) in [5.41, 5.74) is 1.72. The standard InChI is InChI=1S/C16H15BrF2N2O2/c1-10-2-5-15(12(17)8-10)21-16(22)20-6-7-23-11-3-4-13(18)14(19)9-11/h2-5,8-9H,6-7H2,1H3,(H2,20,21,22). The summed E-state index contributed by atoms with van der Waals surface area (Å²) in [4.78, 5) is 11.8. The highest BCUT2D eigenvalue weighted by Crippen LogP contribution is 2.23. The third kappa shape index (κ3) is 5.21. The lowest BCUT2D eigenvalue weighted by Crippen LogP contribution is -2.32. The molecular weight excluding hydrogens is 370 g/mol. The summed E-state index contributed by atoms with van der Waals surface area (Å²) in [5, 5.41) is 5.30. The molecule has 2 aromatic rings. The van der Waals surface area contributed by atoms with Gasteiger partial charge in [-0.25, -0.2) is 13.6 Å².